The molecule has 1 N–H and O–H groups in total. The maximum absolute atomic E-state index is 12.5. The molecule has 4 heteroatoms. The molecule has 0 aliphatic carbocycles. The average molecular weight is 323 g/mol. The molecule has 0 aliphatic heterocycles. The lowest BCUT2D eigenvalue weighted by Crippen LogP contribution is -2.26. The highest BCUT2D eigenvalue weighted by Gasteiger charge is 2.21. The van der Waals surface area contributed by atoms with E-state index in [-0.39, 0.29) is 5.75 Å². The first-order chi connectivity index (χ1) is 11.3. The summed E-state index contributed by atoms with van der Waals surface area (Å²) in [6.45, 7) is 7.40. The van der Waals surface area contributed by atoms with E-state index in [2.05, 4.69) is 0 Å². The van der Waals surface area contributed by atoms with Crippen molar-refractivity contribution in [3.8, 4) is 16.9 Å². The minimum atomic E-state index is -0.558. The summed E-state index contributed by atoms with van der Waals surface area (Å²) in [5.74, 6) is 0.259. The van der Waals surface area contributed by atoms with E-state index in [0.717, 1.165) is 27.6 Å². The van der Waals surface area contributed by atoms with E-state index in [0.29, 0.717) is 0 Å². The molecular formula is C20H21NO3. The Hall–Kier alpha value is -2.75. The minimum absolute atomic E-state index is 0.259. The van der Waals surface area contributed by atoms with Gasteiger partial charge in [-0.3, -0.25) is 4.57 Å². The second kappa shape index (κ2) is 5.71. The number of phenolic OH excluding ortho intramolecular Hbond substituents is 1. The van der Waals surface area contributed by atoms with E-state index in [9.17, 15) is 9.90 Å². The largest absolute Gasteiger partial charge is 0.508 e. The number of phenols is 1. The fourth-order valence-corrected chi connectivity index (χ4v) is 2.69. The highest BCUT2D eigenvalue weighted by atomic mass is 16.6. The third-order valence-electron chi connectivity index (χ3n) is 3.81. The number of carbonyl (C=O) groups is 1. The van der Waals surface area contributed by atoms with Crippen LogP contribution in [-0.4, -0.2) is 21.4 Å². The number of fused-ring (bicyclic) bond motifs is 1. The summed E-state index contributed by atoms with van der Waals surface area (Å²) >= 11 is 0. The van der Waals surface area contributed by atoms with Crippen molar-refractivity contribution >= 4 is 17.0 Å². The van der Waals surface area contributed by atoms with Crippen molar-refractivity contribution in [2.45, 2.75) is 33.3 Å². The second-order valence-electron chi connectivity index (χ2n) is 6.91. The van der Waals surface area contributed by atoms with Gasteiger partial charge in [-0.25, -0.2) is 4.79 Å². The van der Waals surface area contributed by atoms with Gasteiger partial charge in [0.15, 0.2) is 0 Å². The molecule has 124 valence electrons. The lowest BCUT2D eigenvalue weighted by Gasteiger charge is -2.19. The van der Waals surface area contributed by atoms with Crippen LogP contribution < -0.4 is 0 Å². The van der Waals surface area contributed by atoms with Crippen molar-refractivity contribution in [1.82, 2.24) is 4.57 Å². The summed E-state index contributed by atoms with van der Waals surface area (Å²) in [6.07, 6.45) is 1.39. The summed E-state index contributed by atoms with van der Waals surface area (Å²) in [5, 5.41) is 10.7. The Morgan fingerprint density at radius 1 is 1.12 bits per heavy atom. The number of nitrogens with zero attached hydrogens (tertiary/aromatic N) is 1. The van der Waals surface area contributed by atoms with Crippen molar-refractivity contribution in [1.29, 1.82) is 0 Å². The molecule has 0 spiro atoms. The number of aromatic nitrogens is 1. The first-order valence-corrected chi connectivity index (χ1v) is 7.90. The van der Waals surface area contributed by atoms with E-state index >= 15 is 0 Å². The number of hydrogen-bond donors (Lipinski definition) is 1. The summed E-state index contributed by atoms with van der Waals surface area (Å²) in [6, 6.07) is 13.2. The molecule has 0 fully saturated rings. The number of benzene rings is 2. The number of hydrogen-bond acceptors (Lipinski definition) is 3. The first kappa shape index (κ1) is 16.1. The predicted molar refractivity (Wildman–Crippen MR) is 95.4 cm³/mol. The number of carbonyl (C=O) groups excluding carboxylic acids is 1. The van der Waals surface area contributed by atoms with Crippen LogP contribution in [0.2, 0.25) is 0 Å². The van der Waals surface area contributed by atoms with Crippen molar-refractivity contribution in [3.63, 3.8) is 0 Å². The van der Waals surface area contributed by atoms with Gasteiger partial charge in [0.1, 0.15) is 11.4 Å². The van der Waals surface area contributed by atoms with Gasteiger partial charge in [-0.15, -0.1) is 0 Å². The monoisotopic (exact) mass is 323 g/mol. The molecule has 3 aromatic rings. The van der Waals surface area contributed by atoms with Gasteiger partial charge in [0.25, 0.3) is 0 Å². The maximum Gasteiger partial charge on any atom is 0.419 e. The standard InChI is InChI=1S/C20H21NO3/c1-13-11-14(9-10-18(13)22)16-12-21(19(23)24-20(2,3)4)17-8-6-5-7-15(16)17/h5-12,22H,1-4H3. The van der Waals surface area contributed by atoms with Crippen LogP contribution in [0.15, 0.2) is 48.7 Å². The summed E-state index contributed by atoms with van der Waals surface area (Å²) in [5.41, 5.74) is 2.91. The lowest BCUT2D eigenvalue weighted by atomic mass is 10.0. The van der Waals surface area contributed by atoms with E-state index < -0.39 is 11.7 Å². The SMILES string of the molecule is Cc1cc(-c2cn(C(=O)OC(C)(C)C)c3ccccc23)ccc1O. The zero-order chi connectivity index (χ0) is 17.5. The molecule has 2 aromatic carbocycles. The predicted octanol–water partition coefficient (Wildman–Crippen LogP) is 5.11. The van der Waals surface area contributed by atoms with Gasteiger partial charge in [-0.1, -0.05) is 24.3 Å². The molecule has 0 saturated heterocycles. The molecule has 0 amide bonds. The zero-order valence-electron chi connectivity index (χ0n) is 14.3. The molecule has 1 aromatic heterocycles. The molecule has 0 saturated carbocycles. The Morgan fingerprint density at radius 2 is 1.83 bits per heavy atom. The molecule has 3 rings (SSSR count). The molecule has 0 atom stereocenters. The van der Waals surface area contributed by atoms with Crippen LogP contribution in [-0.2, 0) is 4.74 Å². The first-order valence-electron chi connectivity index (χ1n) is 7.90. The number of ether oxygens (including phenoxy) is 1. The van der Waals surface area contributed by atoms with Crippen LogP contribution in [0.1, 0.15) is 26.3 Å². The molecular weight excluding hydrogens is 302 g/mol. The van der Waals surface area contributed by atoms with Crippen molar-refractivity contribution in [3.05, 3.63) is 54.2 Å². The Bertz CT molecular complexity index is 916. The van der Waals surface area contributed by atoms with Gasteiger partial charge in [-0.2, -0.15) is 0 Å². The highest BCUT2D eigenvalue weighted by Crippen LogP contribution is 2.33. The quantitative estimate of drug-likeness (QED) is 0.677. The van der Waals surface area contributed by atoms with Crippen LogP contribution in [0.25, 0.3) is 22.0 Å². The summed E-state index contributed by atoms with van der Waals surface area (Å²) < 4.78 is 7.05. The van der Waals surface area contributed by atoms with Gasteiger partial charge >= 0.3 is 6.09 Å². The van der Waals surface area contributed by atoms with Gasteiger partial charge in [0, 0.05) is 17.1 Å². The number of rotatable bonds is 1. The van der Waals surface area contributed by atoms with Gasteiger partial charge in [0.2, 0.25) is 0 Å². The van der Waals surface area contributed by atoms with E-state index in [4.69, 9.17) is 4.74 Å². The second-order valence-corrected chi connectivity index (χ2v) is 6.91. The van der Waals surface area contributed by atoms with E-state index in [1.807, 2.05) is 64.1 Å². The van der Waals surface area contributed by atoms with Crippen LogP contribution in [0.4, 0.5) is 4.79 Å². The zero-order valence-corrected chi connectivity index (χ0v) is 14.3. The van der Waals surface area contributed by atoms with Gasteiger partial charge in [-0.05, 0) is 57.0 Å². The number of aryl methyl sites for hydroxylation is 1. The van der Waals surface area contributed by atoms with E-state index in [1.54, 1.807) is 12.3 Å². The highest BCUT2D eigenvalue weighted by molar-refractivity contribution is 6.00. The normalized spacial score (nSPS) is 11.7. The third kappa shape index (κ3) is 3.00. The number of aromatic hydroxyl groups is 1. The van der Waals surface area contributed by atoms with Crippen molar-refractivity contribution in [2.75, 3.05) is 0 Å². The fraction of sp³-hybridized carbons (Fsp3) is 0.250. The Kier molecular flexibility index (Phi) is 3.84. The third-order valence-corrected chi connectivity index (χ3v) is 3.81. The lowest BCUT2D eigenvalue weighted by molar-refractivity contribution is 0.0544. The molecule has 0 bridgehead atoms. The number of para-hydroxylation sites is 1. The topological polar surface area (TPSA) is 51.5 Å². The smallest absolute Gasteiger partial charge is 0.419 e. The summed E-state index contributed by atoms with van der Waals surface area (Å²) in [4.78, 5) is 12.5. The van der Waals surface area contributed by atoms with Crippen LogP contribution >= 0.6 is 0 Å². The molecule has 24 heavy (non-hydrogen) atoms. The Labute approximate surface area is 141 Å². The Morgan fingerprint density at radius 3 is 2.50 bits per heavy atom. The molecule has 0 aliphatic rings. The molecule has 1 heterocycles. The summed E-state index contributed by atoms with van der Waals surface area (Å²) in [7, 11) is 0. The molecule has 4 nitrogen and oxygen atoms in total. The van der Waals surface area contributed by atoms with Crippen molar-refractivity contribution in [2.24, 2.45) is 0 Å². The van der Waals surface area contributed by atoms with E-state index in [1.165, 1.54) is 4.57 Å². The van der Waals surface area contributed by atoms with Gasteiger partial charge < -0.3 is 9.84 Å². The van der Waals surface area contributed by atoms with Crippen LogP contribution in [0.3, 0.4) is 0 Å². The van der Waals surface area contributed by atoms with Gasteiger partial charge in [0.05, 0.1) is 5.52 Å². The maximum atomic E-state index is 12.5. The fourth-order valence-electron chi connectivity index (χ4n) is 2.69. The van der Waals surface area contributed by atoms with Crippen LogP contribution in [0, 0.1) is 6.92 Å². The molecule has 0 unspecified atom stereocenters. The average Bonchev–Trinajstić information content (AvgIpc) is 2.88. The molecule has 0 radical (unpaired) electrons. The minimum Gasteiger partial charge on any atom is -0.508 e. The van der Waals surface area contributed by atoms with Crippen LogP contribution in [0.5, 0.6) is 5.75 Å². The Balaban J connectivity index is 2.16. The van der Waals surface area contributed by atoms with Crippen molar-refractivity contribution < 1.29 is 14.6 Å².